The molecule has 11 heteroatoms. The van der Waals surface area contributed by atoms with Crippen molar-refractivity contribution >= 4 is 26.0 Å². The first-order valence-electron chi connectivity index (χ1n) is 8.90. The second-order valence-electron chi connectivity index (χ2n) is 6.64. The Bertz CT molecular complexity index is 899. The summed E-state index contributed by atoms with van der Waals surface area (Å²) >= 11 is 0. The van der Waals surface area contributed by atoms with Gasteiger partial charge in [-0.25, -0.2) is 16.8 Å². The SMILES string of the molecule is CCCN([C@H]1C[C@H](C(=O)NC)N(S(=O)(=O)c2ccc(OC)cc2)C1)S(C)(=O)=O. The lowest BCUT2D eigenvalue weighted by Gasteiger charge is -2.26. The van der Waals surface area contributed by atoms with Crippen LogP contribution in [0.3, 0.4) is 0 Å². The Morgan fingerprint density at radius 3 is 2.32 bits per heavy atom. The number of nitrogens with zero attached hydrogens (tertiary/aromatic N) is 2. The van der Waals surface area contributed by atoms with Crippen LogP contribution in [0.15, 0.2) is 29.2 Å². The molecule has 1 N–H and O–H groups in total. The summed E-state index contributed by atoms with van der Waals surface area (Å²) in [6.45, 7) is 2.02. The van der Waals surface area contributed by atoms with Gasteiger partial charge in [0.1, 0.15) is 11.8 Å². The van der Waals surface area contributed by atoms with Crippen LogP contribution in [0.2, 0.25) is 0 Å². The summed E-state index contributed by atoms with van der Waals surface area (Å²) in [5.41, 5.74) is 0. The lowest BCUT2D eigenvalue weighted by molar-refractivity contribution is -0.123. The zero-order valence-electron chi connectivity index (χ0n) is 16.5. The summed E-state index contributed by atoms with van der Waals surface area (Å²) in [5, 5.41) is 2.48. The number of sulfonamides is 2. The third-order valence-corrected chi connectivity index (χ3v) is 7.95. The smallest absolute Gasteiger partial charge is 0.243 e. The number of likely N-dealkylation sites (N-methyl/N-ethyl adjacent to an activating group) is 1. The molecule has 1 fully saturated rings. The zero-order valence-corrected chi connectivity index (χ0v) is 18.1. The minimum absolute atomic E-state index is 0.0178. The number of carbonyl (C=O) groups is 1. The number of carbonyl (C=O) groups excluding carboxylic acids is 1. The average Bonchev–Trinajstić information content (AvgIpc) is 3.10. The van der Waals surface area contributed by atoms with E-state index in [0.29, 0.717) is 12.2 Å². The van der Waals surface area contributed by atoms with Crippen LogP contribution in [0.4, 0.5) is 0 Å². The maximum Gasteiger partial charge on any atom is 0.243 e. The predicted molar refractivity (Wildman–Crippen MR) is 105 cm³/mol. The van der Waals surface area contributed by atoms with Crippen molar-refractivity contribution in [1.82, 2.24) is 13.9 Å². The van der Waals surface area contributed by atoms with Gasteiger partial charge in [0.15, 0.2) is 0 Å². The van der Waals surface area contributed by atoms with Crippen LogP contribution in [0, 0.1) is 0 Å². The largest absolute Gasteiger partial charge is 0.497 e. The van der Waals surface area contributed by atoms with Crippen LogP contribution in [-0.2, 0) is 24.8 Å². The molecule has 9 nitrogen and oxygen atoms in total. The van der Waals surface area contributed by atoms with E-state index in [1.165, 1.54) is 42.7 Å². The van der Waals surface area contributed by atoms with Crippen molar-refractivity contribution in [1.29, 1.82) is 0 Å². The molecule has 0 saturated carbocycles. The molecule has 1 saturated heterocycles. The highest BCUT2D eigenvalue weighted by Crippen LogP contribution is 2.30. The van der Waals surface area contributed by atoms with Crippen molar-refractivity contribution in [2.45, 2.75) is 36.7 Å². The van der Waals surface area contributed by atoms with E-state index in [1.807, 2.05) is 6.92 Å². The summed E-state index contributed by atoms with van der Waals surface area (Å²) in [4.78, 5) is 12.4. The number of nitrogens with one attached hydrogen (secondary N) is 1. The first-order valence-corrected chi connectivity index (χ1v) is 12.2. The van der Waals surface area contributed by atoms with E-state index in [4.69, 9.17) is 4.74 Å². The van der Waals surface area contributed by atoms with Gasteiger partial charge in [0.25, 0.3) is 0 Å². The Hall–Kier alpha value is -1.69. The van der Waals surface area contributed by atoms with Crippen molar-refractivity contribution < 1.29 is 26.4 Å². The highest BCUT2D eigenvalue weighted by molar-refractivity contribution is 7.89. The summed E-state index contributed by atoms with van der Waals surface area (Å²) in [6, 6.07) is 4.27. The van der Waals surface area contributed by atoms with Gasteiger partial charge in [-0.2, -0.15) is 8.61 Å². The van der Waals surface area contributed by atoms with Crippen molar-refractivity contribution in [3.8, 4) is 5.75 Å². The van der Waals surface area contributed by atoms with Gasteiger partial charge in [0.2, 0.25) is 26.0 Å². The minimum atomic E-state index is -4.00. The molecule has 0 radical (unpaired) electrons. The van der Waals surface area contributed by atoms with E-state index in [1.54, 1.807) is 0 Å². The fourth-order valence-corrected chi connectivity index (χ4v) is 6.23. The number of amides is 1. The highest BCUT2D eigenvalue weighted by Gasteiger charge is 2.46. The molecule has 0 spiro atoms. The fourth-order valence-electron chi connectivity index (χ4n) is 3.39. The molecule has 28 heavy (non-hydrogen) atoms. The third kappa shape index (κ3) is 4.65. The zero-order chi connectivity index (χ0) is 21.1. The van der Waals surface area contributed by atoms with Gasteiger partial charge < -0.3 is 10.1 Å². The Morgan fingerprint density at radius 1 is 1.25 bits per heavy atom. The molecule has 2 atom stereocenters. The van der Waals surface area contributed by atoms with E-state index in [-0.39, 0.29) is 24.4 Å². The van der Waals surface area contributed by atoms with Crippen LogP contribution in [0.5, 0.6) is 5.75 Å². The van der Waals surface area contributed by atoms with Gasteiger partial charge in [0, 0.05) is 26.2 Å². The van der Waals surface area contributed by atoms with Gasteiger partial charge in [-0.3, -0.25) is 4.79 Å². The van der Waals surface area contributed by atoms with E-state index in [9.17, 15) is 21.6 Å². The fraction of sp³-hybridized carbons (Fsp3) is 0.588. The Labute approximate surface area is 166 Å². The van der Waals surface area contributed by atoms with Gasteiger partial charge in [-0.05, 0) is 37.1 Å². The van der Waals surface area contributed by atoms with Gasteiger partial charge >= 0.3 is 0 Å². The lowest BCUT2D eigenvalue weighted by Crippen LogP contribution is -2.45. The molecule has 0 aliphatic carbocycles. The molecule has 0 bridgehead atoms. The highest BCUT2D eigenvalue weighted by atomic mass is 32.2. The molecule has 158 valence electrons. The standard InChI is InChI=1S/C17H27N3O6S2/c1-5-10-19(27(4,22)23)13-11-16(17(21)18-2)20(12-13)28(24,25)15-8-6-14(26-3)7-9-15/h6-9,13,16H,5,10-12H2,1-4H3,(H,18,21)/t13-,16+/m0/s1. The molecule has 1 amide bonds. The summed E-state index contributed by atoms with van der Waals surface area (Å²) < 4.78 is 58.2. The lowest BCUT2D eigenvalue weighted by atomic mass is 10.1. The van der Waals surface area contributed by atoms with Crippen LogP contribution >= 0.6 is 0 Å². The van der Waals surface area contributed by atoms with Crippen LogP contribution in [0.1, 0.15) is 19.8 Å². The topological polar surface area (TPSA) is 113 Å². The van der Waals surface area contributed by atoms with Gasteiger partial charge in [-0.15, -0.1) is 0 Å². The predicted octanol–water partition coefficient (Wildman–Crippen LogP) is 0.244. The summed E-state index contributed by atoms with van der Waals surface area (Å²) in [6.07, 6.45) is 1.78. The van der Waals surface area contributed by atoms with Gasteiger partial charge in [-0.1, -0.05) is 6.92 Å². The van der Waals surface area contributed by atoms with Crippen molar-refractivity contribution in [2.75, 3.05) is 33.5 Å². The van der Waals surface area contributed by atoms with Crippen molar-refractivity contribution in [3.05, 3.63) is 24.3 Å². The molecule has 0 unspecified atom stereocenters. The molecule has 1 aliphatic heterocycles. The van der Waals surface area contributed by atoms with Crippen LogP contribution < -0.4 is 10.1 Å². The van der Waals surface area contributed by atoms with E-state index in [0.717, 1.165) is 10.6 Å². The number of methoxy groups -OCH3 is 1. The quantitative estimate of drug-likeness (QED) is 0.629. The van der Waals surface area contributed by atoms with Crippen LogP contribution in [-0.4, -0.2) is 76.9 Å². The average molecular weight is 434 g/mol. The maximum atomic E-state index is 13.2. The minimum Gasteiger partial charge on any atom is -0.497 e. The second kappa shape index (κ2) is 8.76. The molecular weight excluding hydrogens is 406 g/mol. The molecule has 1 aromatic rings. The first-order chi connectivity index (χ1) is 13.1. The van der Waals surface area contributed by atoms with Crippen LogP contribution in [0.25, 0.3) is 0 Å². The molecule has 2 rings (SSSR count). The first kappa shape index (κ1) is 22.6. The van der Waals surface area contributed by atoms with E-state index >= 15 is 0 Å². The number of rotatable bonds is 8. The van der Waals surface area contributed by atoms with E-state index < -0.39 is 38.0 Å². The second-order valence-corrected chi connectivity index (χ2v) is 10.5. The number of hydrogen-bond acceptors (Lipinski definition) is 6. The Morgan fingerprint density at radius 2 is 1.86 bits per heavy atom. The maximum absolute atomic E-state index is 13.2. The summed E-state index contributed by atoms with van der Waals surface area (Å²) in [7, 11) is -4.64. The monoisotopic (exact) mass is 433 g/mol. The molecular formula is C17H27N3O6S2. The normalized spacial score (nSPS) is 21.0. The molecule has 1 heterocycles. The number of benzene rings is 1. The van der Waals surface area contributed by atoms with Gasteiger partial charge in [0.05, 0.1) is 18.3 Å². The van der Waals surface area contributed by atoms with Crippen molar-refractivity contribution in [3.63, 3.8) is 0 Å². The Kier molecular flexibility index (Phi) is 7.07. The molecule has 1 aromatic carbocycles. The summed E-state index contributed by atoms with van der Waals surface area (Å²) in [5.74, 6) is 0.0387. The third-order valence-electron chi connectivity index (χ3n) is 4.73. The Balaban J connectivity index is 2.42. The number of ether oxygens (including phenoxy) is 1. The number of hydrogen-bond donors (Lipinski definition) is 1. The molecule has 1 aliphatic rings. The van der Waals surface area contributed by atoms with Crippen molar-refractivity contribution in [2.24, 2.45) is 0 Å². The molecule has 0 aromatic heterocycles. The van der Waals surface area contributed by atoms with E-state index in [2.05, 4.69) is 5.32 Å².